The zero-order chi connectivity index (χ0) is 23.1. The minimum atomic E-state index is -0.555. The van der Waals surface area contributed by atoms with Crippen molar-refractivity contribution in [2.75, 3.05) is 11.5 Å². The van der Waals surface area contributed by atoms with E-state index >= 15 is 0 Å². The highest BCUT2D eigenvalue weighted by Crippen LogP contribution is 2.26. The summed E-state index contributed by atoms with van der Waals surface area (Å²) in [5.41, 5.74) is 15.2. The Morgan fingerprint density at radius 2 is 1.12 bits per heavy atom. The zero-order valence-electron chi connectivity index (χ0n) is 18.4. The number of carbonyl (C=O) groups is 2. The Kier molecular flexibility index (Phi) is 7.49. The Balaban J connectivity index is 1.78. The smallest absolute Gasteiger partial charge is 0.343 e. The van der Waals surface area contributed by atoms with E-state index in [4.69, 9.17) is 20.9 Å². The van der Waals surface area contributed by atoms with Crippen molar-refractivity contribution in [1.29, 1.82) is 0 Å². The molecular formula is C26H28N2O4. The van der Waals surface area contributed by atoms with Gasteiger partial charge in [0.1, 0.15) is 11.5 Å². The van der Waals surface area contributed by atoms with Crippen LogP contribution in [0.25, 0.3) is 0 Å². The maximum absolute atomic E-state index is 12.7. The molecule has 0 aromatic heterocycles. The van der Waals surface area contributed by atoms with Crippen molar-refractivity contribution < 1.29 is 19.1 Å². The Morgan fingerprint density at radius 3 is 1.53 bits per heavy atom. The quantitative estimate of drug-likeness (QED) is 0.288. The van der Waals surface area contributed by atoms with Crippen LogP contribution < -0.4 is 20.9 Å². The summed E-state index contributed by atoms with van der Waals surface area (Å²) in [5.74, 6) is -0.183. The SMILES string of the molecule is CCCc1cc(N)ccc1OC(=O)c1cccc(C(=O)Oc2ccc(N)cc2CCC)c1. The summed E-state index contributed by atoms with van der Waals surface area (Å²) in [7, 11) is 0. The van der Waals surface area contributed by atoms with E-state index in [1.165, 1.54) is 6.07 Å². The van der Waals surface area contributed by atoms with Crippen molar-refractivity contribution in [2.24, 2.45) is 0 Å². The number of anilines is 2. The predicted octanol–water partition coefficient (Wildman–Crippen LogP) is 5.19. The van der Waals surface area contributed by atoms with Crippen LogP contribution in [-0.2, 0) is 12.8 Å². The molecule has 0 aliphatic carbocycles. The van der Waals surface area contributed by atoms with E-state index in [0.717, 1.165) is 36.8 Å². The van der Waals surface area contributed by atoms with E-state index in [1.54, 1.807) is 54.6 Å². The Labute approximate surface area is 188 Å². The van der Waals surface area contributed by atoms with Crippen LogP contribution in [-0.4, -0.2) is 11.9 Å². The molecule has 3 rings (SSSR count). The van der Waals surface area contributed by atoms with Crippen molar-refractivity contribution in [1.82, 2.24) is 0 Å². The lowest BCUT2D eigenvalue weighted by Gasteiger charge is -2.12. The number of esters is 2. The Bertz CT molecular complexity index is 1040. The third-order valence-electron chi connectivity index (χ3n) is 4.95. The number of hydrogen-bond acceptors (Lipinski definition) is 6. The van der Waals surface area contributed by atoms with Gasteiger partial charge in [-0.1, -0.05) is 32.8 Å². The topological polar surface area (TPSA) is 105 Å². The normalized spacial score (nSPS) is 10.6. The highest BCUT2D eigenvalue weighted by Gasteiger charge is 2.17. The average Bonchev–Trinajstić information content (AvgIpc) is 2.78. The summed E-state index contributed by atoms with van der Waals surface area (Å²) in [6.45, 7) is 4.08. The number of aryl methyl sites for hydroxylation is 2. The standard InChI is InChI=1S/C26H28N2O4/c1-3-6-17-15-21(27)10-12-23(17)31-25(29)19-8-5-9-20(14-19)26(30)32-24-13-11-22(28)16-18(24)7-4-2/h5,8-16H,3-4,6-7,27-28H2,1-2H3. The number of nitrogen functional groups attached to an aromatic ring is 2. The molecule has 0 radical (unpaired) electrons. The third kappa shape index (κ3) is 5.66. The second-order valence-corrected chi connectivity index (χ2v) is 7.59. The first kappa shape index (κ1) is 22.9. The first-order valence-electron chi connectivity index (χ1n) is 10.7. The lowest BCUT2D eigenvalue weighted by atomic mass is 10.1. The van der Waals surface area contributed by atoms with Gasteiger partial charge in [0.15, 0.2) is 0 Å². The molecule has 0 fully saturated rings. The second kappa shape index (κ2) is 10.5. The molecular weight excluding hydrogens is 404 g/mol. The average molecular weight is 433 g/mol. The van der Waals surface area contributed by atoms with Gasteiger partial charge in [-0.15, -0.1) is 0 Å². The fourth-order valence-corrected chi connectivity index (χ4v) is 3.42. The molecule has 0 aliphatic heterocycles. The van der Waals surface area contributed by atoms with E-state index in [0.29, 0.717) is 22.9 Å². The Morgan fingerprint density at radius 1 is 0.688 bits per heavy atom. The molecule has 166 valence electrons. The largest absolute Gasteiger partial charge is 0.423 e. The monoisotopic (exact) mass is 432 g/mol. The summed E-state index contributed by atoms with van der Waals surface area (Å²) >= 11 is 0. The minimum Gasteiger partial charge on any atom is -0.423 e. The number of benzene rings is 3. The van der Waals surface area contributed by atoms with Gasteiger partial charge >= 0.3 is 11.9 Å². The zero-order valence-corrected chi connectivity index (χ0v) is 18.4. The molecule has 0 amide bonds. The number of hydrogen-bond donors (Lipinski definition) is 2. The van der Waals surface area contributed by atoms with Gasteiger partial charge in [0.05, 0.1) is 11.1 Å². The number of rotatable bonds is 8. The van der Waals surface area contributed by atoms with E-state index < -0.39 is 11.9 Å². The highest BCUT2D eigenvalue weighted by atomic mass is 16.5. The molecule has 0 heterocycles. The van der Waals surface area contributed by atoms with Gasteiger partial charge in [0, 0.05) is 11.4 Å². The van der Waals surface area contributed by atoms with Crippen LogP contribution in [0.15, 0.2) is 60.7 Å². The summed E-state index contributed by atoms with van der Waals surface area (Å²) in [4.78, 5) is 25.5. The molecule has 32 heavy (non-hydrogen) atoms. The van der Waals surface area contributed by atoms with E-state index in [-0.39, 0.29) is 11.1 Å². The molecule has 3 aromatic rings. The Hall–Kier alpha value is -3.80. The van der Waals surface area contributed by atoms with E-state index in [9.17, 15) is 9.59 Å². The van der Waals surface area contributed by atoms with Crippen LogP contribution in [0.3, 0.4) is 0 Å². The predicted molar refractivity (Wildman–Crippen MR) is 126 cm³/mol. The van der Waals surface area contributed by atoms with Crippen LogP contribution in [0.2, 0.25) is 0 Å². The van der Waals surface area contributed by atoms with Gasteiger partial charge in [-0.25, -0.2) is 9.59 Å². The lowest BCUT2D eigenvalue weighted by Crippen LogP contribution is -2.14. The van der Waals surface area contributed by atoms with Crippen LogP contribution in [0.4, 0.5) is 11.4 Å². The second-order valence-electron chi connectivity index (χ2n) is 7.59. The molecule has 0 unspecified atom stereocenters. The molecule has 4 N–H and O–H groups in total. The van der Waals surface area contributed by atoms with Crippen molar-refractivity contribution in [3.63, 3.8) is 0 Å². The molecule has 0 saturated carbocycles. The molecule has 0 bridgehead atoms. The van der Waals surface area contributed by atoms with E-state index in [1.807, 2.05) is 13.8 Å². The third-order valence-corrected chi connectivity index (χ3v) is 4.95. The van der Waals surface area contributed by atoms with Gasteiger partial charge in [-0.05, 0) is 78.6 Å². The van der Waals surface area contributed by atoms with Gasteiger partial charge in [0.2, 0.25) is 0 Å². The van der Waals surface area contributed by atoms with Crippen LogP contribution >= 0.6 is 0 Å². The highest BCUT2D eigenvalue weighted by molar-refractivity contribution is 5.97. The summed E-state index contributed by atoms with van der Waals surface area (Å²) < 4.78 is 11.2. The van der Waals surface area contributed by atoms with Crippen molar-refractivity contribution in [3.8, 4) is 11.5 Å². The minimum absolute atomic E-state index is 0.254. The van der Waals surface area contributed by atoms with Crippen molar-refractivity contribution >= 4 is 23.3 Å². The fraction of sp³-hybridized carbons (Fsp3) is 0.231. The van der Waals surface area contributed by atoms with Crippen LogP contribution in [0.1, 0.15) is 58.5 Å². The summed E-state index contributed by atoms with van der Waals surface area (Å²) in [6.07, 6.45) is 3.25. The van der Waals surface area contributed by atoms with E-state index in [2.05, 4.69) is 0 Å². The molecule has 3 aromatic carbocycles. The van der Waals surface area contributed by atoms with Gasteiger partial charge < -0.3 is 20.9 Å². The summed E-state index contributed by atoms with van der Waals surface area (Å²) in [5, 5.41) is 0. The summed E-state index contributed by atoms with van der Waals surface area (Å²) in [6, 6.07) is 16.7. The van der Waals surface area contributed by atoms with Crippen LogP contribution in [0, 0.1) is 0 Å². The van der Waals surface area contributed by atoms with Gasteiger partial charge in [0.25, 0.3) is 0 Å². The van der Waals surface area contributed by atoms with Gasteiger partial charge in [-0.3, -0.25) is 0 Å². The van der Waals surface area contributed by atoms with Crippen molar-refractivity contribution in [2.45, 2.75) is 39.5 Å². The molecule has 0 atom stereocenters. The maximum atomic E-state index is 12.7. The first-order chi connectivity index (χ1) is 15.4. The lowest BCUT2D eigenvalue weighted by molar-refractivity contribution is 0.0733. The van der Waals surface area contributed by atoms with Gasteiger partial charge in [-0.2, -0.15) is 0 Å². The van der Waals surface area contributed by atoms with Crippen LogP contribution in [0.5, 0.6) is 11.5 Å². The van der Waals surface area contributed by atoms with Crippen molar-refractivity contribution in [3.05, 3.63) is 82.9 Å². The maximum Gasteiger partial charge on any atom is 0.343 e. The fourth-order valence-electron chi connectivity index (χ4n) is 3.42. The number of carbonyl (C=O) groups excluding carboxylic acids is 2. The molecule has 0 spiro atoms. The molecule has 0 saturated heterocycles. The number of ether oxygens (including phenoxy) is 2. The molecule has 6 nitrogen and oxygen atoms in total. The number of nitrogens with two attached hydrogens (primary N) is 2. The molecule has 6 heteroatoms. The molecule has 0 aliphatic rings. The first-order valence-corrected chi connectivity index (χ1v) is 10.7.